The second-order valence-corrected chi connectivity index (χ2v) is 4.73. The van der Waals surface area contributed by atoms with E-state index in [1.165, 1.54) is 0 Å². The van der Waals surface area contributed by atoms with Crippen LogP contribution in [-0.4, -0.2) is 11.6 Å². The van der Waals surface area contributed by atoms with E-state index in [1.54, 1.807) is 0 Å². The van der Waals surface area contributed by atoms with Crippen molar-refractivity contribution in [1.82, 2.24) is 4.98 Å². The molecule has 88 valence electrons. The summed E-state index contributed by atoms with van der Waals surface area (Å²) in [5, 5.41) is 1.13. The Kier molecular flexibility index (Phi) is 3.48. The van der Waals surface area contributed by atoms with Gasteiger partial charge in [0.15, 0.2) is 0 Å². The van der Waals surface area contributed by atoms with Crippen LogP contribution >= 0.6 is 15.9 Å². The molecule has 2 nitrogen and oxygen atoms in total. The first kappa shape index (κ1) is 12.1. The predicted octanol–water partition coefficient (Wildman–Crippen LogP) is 4.31. The molecule has 0 atom stereocenters. The highest BCUT2D eigenvalue weighted by Crippen LogP contribution is 2.26. The summed E-state index contributed by atoms with van der Waals surface area (Å²) < 4.78 is 6.47. The fraction of sp³-hybridized carbons (Fsp3) is 0.214. The number of ether oxygens (including phenoxy) is 1. The molecule has 17 heavy (non-hydrogen) atoms. The number of halogens is 1. The van der Waals surface area contributed by atoms with Crippen molar-refractivity contribution >= 4 is 32.6 Å². The van der Waals surface area contributed by atoms with Gasteiger partial charge in [0, 0.05) is 21.6 Å². The SMILES string of the molecule is C=C(OCC)c1cnc2cc(Br)ccc2c1C. The van der Waals surface area contributed by atoms with Crippen molar-refractivity contribution in [2.75, 3.05) is 6.61 Å². The van der Waals surface area contributed by atoms with Gasteiger partial charge >= 0.3 is 0 Å². The van der Waals surface area contributed by atoms with Crippen LogP contribution < -0.4 is 0 Å². The van der Waals surface area contributed by atoms with E-state index in [0.29, 0.717) is 12.4 Å². The van der Waals surface area contributed by atoms with Crippen molar-refractivity contribution < 1.29 is 4.74 Å². The van der Waals surface area contributed by atoms with Crippen molar-refractivity contribution in [3.63, 3.8) is 0 Å². The van der Waals surface area contributed by atoms with Crippen LogP contribution in [0.3, 0.4) is 0 Å². The standard InChI is InChI=1S/C14H14BrNO/c1-4-17-10(3)13-8-16-14-7-11(15)5-6-12(14)9(13)2/h5-8H,3-4H2,1-2H3. The molecule has 0 aliphatic heterocycles. The molecular formula is C14H14BrNO. The third-order valence-corrected chi connectivity index (χ3v) is 3.21. The van der Waals surface area contributed by atoms with E-state index < -0.39 is 0 Å². The van der Waals surface area contributed by atoms with E-state index in [2.05, 4.69) is 40.5 Å². The van der Waals surface area contributed by atoms with Crippen LogP contribution in [0.1, 0.15) is 18.1 Å². The third-order valence-electron chi connectivity index (χ3n) is 2.72. The molecule has 0 aliphatic carbocycles. The number of fused-ring (bicyclic) bond motifs is 1. The Morgan fingerprint density at radius 1 is 1.47 bits per heavy atom. The molecule has 0 bridgehead atoms. The van der Waals surface area contributed by atoms with Gasteiger partial charge in [0.25, 0.3) is 0 Å². The van der Waals surface area contributed by atoms with Gasteiger partial charge in [-0.25, -0.2) is 0 Å². The summed E-state index contributed by atoms with van der Waals surface area (Å²) in [5.74, 6) is 0.683. The summed E-state index contributed by atoms with van der Waals surface area (Å²) in [6, 6.07) is 6.09. The maximum absolute atomic E-state index is 5.44. The molecule has 1 aromatic heterocycles. The maximum atomic E-state index is 5.44. The Hall–Kier alpha value is -1.35. The van der Waals surface area contributed by atoms with Crippen LogP contribution in [0, 0.1) is 6.92 Å². The number of nitrogens with zero attached hydrogens (tertiary/aromatic N) is 1. The molecule has 0 saturated carbocycles. The average molecular weight is 292 g/mol. The molecule has 2 rings (SSSR count). The van der Waals surface area contributed by atoms with Gasteiger partial charge < -0.3 is 4.74 Å². The van der Waals surface area contributed by atoms with Crippen molar-refractivity contribution in [3.8, 4) is 0 Å². The zero-order valence-electron chi connectivity index (χ0n) is 9.96. The van der Waals surface area contributed by atoms with Crippen molar-refractivity contribution in [2.45, 2.75) is 13.8 Å². The molecule has 2 aromatic rings. The molecule has 1 aromatic carbocycles. The van der Waals surface area contributed by atoms with Gasteiger partial charge in [-0.3, -0.25) is 4.98 Å². The van der Waals surface area contributed by atoms with Crippen LogP contribution in [-0.2, 0) is 4.74 Å². The van der Waals surface area contributed by atoms with E-state index in [4.69, 9.17) is 4.74 Å². The largest absolute Gasteiger partial charge is 0.494 e. The molecule has 0 radical (unpaired) electrons. The number of hydrogen-bond acceptors (Lipinski definition) is 2. The van der Waals surface area contributed by atoms with Crippen LogP contribution in [0.4, 0.5) is 0 Å². The minimum Gasteiger partial charge on any atom is -0.494 e. The molecule has 0 unspecified atom stereocenters. The monoisotopic (exact) mass is 291 g/mol. The molecule has 3 heteroatoms. The Morgan fingerprint density at radius 3 is 2.94 bits per heavy atom. The number of aromatic nitrogens is 1. The summed E-state index contributed by atoms with van der Waals surface area (Å²) in [6.07, 6.45) is 1.82. The van der Waals surface area contributed by atoms with E-state index >= 15 is 0 Å². The summed E-state index contributed by atoms with van der Waals surface area (Å²) in [6.45, 7) is 8.57. The van der Waals surface area contributed by atoms with Gasteiger partial charge in [0.2, 0.25) is 0 Å². The van der Waals surface area contributed by atoms with Gasteiger partial charge in [-0.2, -0.15) is 0 Å². The molecule has 0 fully saturated rings. The van der Waals surface area contributed by atoms with E-state index in [0.717, 1.165) is 26.5 Å². The Morgan fingerprint density at radius 2 is 2.24 bits per heavy atom. The molecule has 0 aliphatic rings. The Bertz CT molecular complexity index is 578. The minimum absolute atomic E-state index is 0.622. The molecular weight excluding hydrogens is 278 g/mol. The van der Waals surface area contributed by atoms with Crippen molar-refractivity contribution in [3.05, 3.63) is 46.6 Å². The predicted molar refractivity (Wildman–Crippen MR) is 74.8 cm³/mol. The molecule has 0 N–H and O–H groups in total. The molecule has 0 saturated heterocycles. The van der Waals surface area contributed by atoms with Crippen molar-refractivity contribution in [1.29, 1.82) is 0 Å². The number of aryl methyl sites for hydroxylation is 1. The lowest BCUT2D eigenvalue weighted by Crippen LogP contribution is -1.95. The lowest BCUT2D eigenvalue weighted by atomic mass is 10.0. The second kappa shape index (κ2) is 4.88. The van der Waals surface area contributed by atoms with Crippen LogP contribution in [0.25, 0.3) is 16.7 Å². The van der Waals surface area contributed by atoms with E-state index in [-0.39, 0.29) is 0 Å². The van der Waals surface area contributed by atoms with Gasteiger partial charge in [-0.05, 0) is 31.5 Å². The topological polar surface area (TPSA) is 22.1 Å². The lowest BCUT2D eigenvalue weighted by molar-refractivity contribution is 0.299. The third kappa shape index (κ3) is 2.34. The number of pyridine rings is 1. The smallest absolute Gasteiger partial charge is 0.121 e. The number of benzene rings is 1. The Labute approximate surface area is 109 Å². The van der Waals surface area contributed by atoms with E-state index in [9.17, 15) is 0 Å². The number of hydrogen-bond donors (Lipinski definition) is 0. The first-order valence-electron chi connectivity index (χ1n) is 5.50. The van der Waals surface area contributed by atoms with Gasteiger partial charge in [-0.1, -0.05) is 28.6 Å². The average Bonchev–Trinajstić information content (AvgIpc) is 2.29. The van der Waals surface area contributed by atoms with Crippen LogP contribution in [0.15, 0.2) is 35.4 Å². The number of rotatable bonds is 3. The summed E-state index contributed by atoms with van der Waals surface area (Å²) in [5.41, 5.74) is 3.10. The maximum Gasteiger partial charge on any atom is 0.121 e. The second-order valence-electron chi connectivity index (χ2n) is 3.81. The molecule has 0 spiro atoms. The highest BCUT2D eigenvalue weighted by atomic mass is 79.9. The van der Waals surface area contributed by atoms with Crippen molar-refractivity contribution in [2.24, 2.45) is 0 Å². The summed E-state index contributed by atoms with van der Waals surface area (Å²) >= 11 is 3.45. The van der Waals surface area contributed by atoms with Gasteiger partial charge in [-0.15, -0.1) is 0 Å². The fourth-order valence-corrected chi connectivity index (χ4v) is 2.19. The lowest BCUT2D eigenvalue weighted by Gasteiger charge is -2.11. The van der Waals surface area contributed by atoms with Gasteiger partial charge in [0.1, 0.15) is 5.76 Å². The highest BCUT2D eigenvalue weighted by molar-refractivity contribution is 9.10. The Balaban J connectivity index is 2.58. The highest BCUT2D eigenvalue weighted by Gasteiger charge is 2.08. The molecule has 0 amide bonds. The first-order chi connectivity index (χ1) is 8.13. The quantitative estimate of drug-likeness (QED) is 0.786. The van der Waals surface area contributed by atoms with E-state index in [1.807, 2.05) is 25.3 Å². The zero-order valence-corrected chi connectivity index (χ0v) is 11.5. The molecule has 1 heterocycles. The summed E-state index contributed by atoms with van der Waals surface area (Å²) in [7, 11) is 0. The minimum atomic E-state index is 0.622. The summed E-state index contributed by atoms with van der Waals surface area (Å²) in [4.78, 5) is 4.44. The first-order valence-corrected chi connectivity index (χ1v) is 6.29. The van der Waals surface area contributed by atoms with Crippen LogP contribution in [0.2, 0.25) is 0 Å². The van der Waals surface area contributed by atoms with Gasteiger partial charge in [0.05, 0.1) is 12.1 Å². The van der Waals surface area contributed by atoms with Crippen LogP contribution in [0.5, 0.6) is 0 Å². The zero-order chi connectivity index (χ0) is 12.4. The normalized spacial score (nSPS) is 10.5. The fourth-order valence-electron chi connectivity index (χ4n) is 1.84.